The molecule has 0 aromatic rings. The zero-order chi connectivity index (χ0) is 27.3. The zero-order valence-corrected chi connectivity index (χ0v) is 23.0. The Morgan fingerprint density at radius 1 is 1.14 bits per heavy atom. The molecule has 3 aliphatic rings. The van der Waals surface area contributed by atoms with Crippen molar-refractivity contribution in [2.45, 2.75) is 85.9 Å². The second-order valence-electron chi connectivity index (χ2n) is 11.2. The van der Waals surface area contributed by atoms with Gasteiger partial charge < -0.3 is 14.6 Å². The van der Waals surface area contributed by atoms with Gasteiger partial charge in [0.25, 0.3) is 0 Å². The molecule has 1 heterocycles. The van der Waals surface area contributed by atoms with E-state index in [0.29, 0.717) is 19.3 Å². The van der Waals surface area contributed by atoms with Crippen molar-refractivity contribution in [3.8, 4) is 0 Å². The molecule has 0 spiro atoms. The molecule has 0 saturated heterocycles. The van der Waals surface area contributed by atoms with Crippen LogP contribution in [0.2, 0.25) is 0 Å². The molecule has 0 amide bonds. The van der Waals surface area contributed by atoms with Crippen molar-refractivity contribution in [3.63, 3.8) is 0 Å². The number of carbonyl (C=O) groups is 3. The number of hydrogen-bond acceptors (Lipinski definition) is 5. The lowest BCUT2D eigenvalue weighted by Gasteiger charge is -2.52. The quantitative estimate of drug-likeness (QED) is 0.344. The average molecular weight is 511 g/mol. The number of carboxylic acid groups (broad SMARTS) is 1. The standard InChI is InChI=1S/C31H42O6/c1-19-11-7-10-14-26-21(3)18-25-27(16-15-20(2)28(25)37-23(5)32)31(26,6)30(35)36-22(4)12-8-9-13-24(17-19)29(33)34/h7,10-11,13-14,17-18,20,22,25-28H,8-9,12,15-16H2,1-6H3,(H,33,34)/b11-7+,14-10+,19-17-,24-13-/t20-,22+,25+,26-,27-,28+,31-/m0/s1. The second kappa shape index (κ2) is 12.1. The zero-order valence-electron chi connectivity index (χ0n) is 23.0. The third kappa shape index (κ3) is 6.52. The summed E-state index contributed by atoms with van der Waals surface area (Å²) in [5.74, 6) is -1.48. The molecule has 1 saturated carbocycles. The number of fused-ring (bicyclic) bond motifs is 3. The summed E-state index contributed by atoms with van der Waals surface area (Å²) < 4.78 is 11.9. The molecule has 0 unspecified atom stereocenters. The SMILES string of the molecule is CC(=O)O[C@H]1[C@@H]2C=C(C)[C@@H]3/C=C/C=C/C(C)=C\C(C(=O)O)=C\CCC[C@@H](C)OC(=O)[C@]3(C)[C@H]2CC[C@@H]1C. The smallest absolute Gasteiger partial charge is 0.335 e. The summed E-state index contributed by atoms with van der Waals surface area (Å²) in [6.45, 7) is 11.4. The number of ether oxygens (including phenoxy) is 2. The van der Waals surface area contributed by atoms with Crippen LogP contribution in [0.4, 0.5) is 0 Å². The molecule has 0 aromatic carbocycles. The van der Waals surface area contributed by atoms with Crippen molar-refractivity contribution in [2.24, 2.45) is 29.1 Å². The van der Waals surface area contributed by atoms with Gasteiger partial charge >= 0.3 is 17.9 Å². The van der Waals surface area contributed by atoms with Gasteiger partial charge in [0.2, 0.25) is 0 Å². The topological polar surface area (TPSA) is 89.9 Å². The number of esters is 2. The highest BCUT2D eigenvalue weighted by Crippen LogP contribution is 2.55. The van der Waals surface area contributed by atoms with Gasteiger partial charge in [-0.15, -0.1) is 0 Å². The van der Waals surface area contributed by atoms with Crippen LogP contribution in [0.3, 0.4) is 0 Å². The number of allylic oxidation sites excluding steroid dienone is 7. The van der Waals surface area contributed by atoms with E-state index >= 15 is 0 Å². The van der Waals surface area contributed by atoms with Crippen molar-refractivity contribution in [1.82, 2.24) is 0 Å². The fourth-order valence-electron chi connectivity index (χ4n) is 6.36. The van der Waals surface area contributed by atoms with Crippen LogP contribution >= 0.6 is 0 Å². The number of carbonyl (C=O) groups excluding carboxylic acids is 2. The van der Waals surface area contributed by atoms with E-state index in [1.165, 1.54) is 6.92 Å². The highest BCUT2D eigenvalue weighted by Gasteiger charge is 2.57. The lowest BCUT2D eigenvalue weighted by atomic mass is 9.52. The number of carboxylic acids is 1. The Hall–Kier alpha value is -2.89. The Labute approximate surface area is 221 Å². The van der Waals surface area contributed by atoms with Crippen molar-refractivity contribution in [2.75, 3.05) is 0 Å². The maximum atomic E-state index is 14.0. The van der Waals surface area contributed by atoms with Crippen LogP contribution in [0, 0.1) is 29.1 Å². The molecule has 3 rings (SSSR count). The maximum absolute atomic E-state index is 14.0. The Bertz CT molecular complexity index is 1040. The van der Waals surface area contributed by atoms with E-state index in [0.717, 1.165) is 24.0 Å². The molecule has 1 aliphatic heterocycles. The van der Waals surface area contributed by atoms with E-state index in [4.69, 9.17) is 9.47 Å². The van der Waals surface area contributed by atoms with Crippen LogP contribution in [0.5, 0.6) is 0 Å². The van der Waals surface area contributed by atoms with Crippen LogP contribution in [0.1, 0.15) is 73.6 Å². The molecule has 6 heteroatoms. The summed E-state index contributed by atoms with van der Waals surface area (Å²) >= 11 is 0. The highest BCUT2D eigenvalue weighted by molar-refractivity contribution is 5.90. The number of aliphatic carboxylic acids is 1. The van der Waals surface area contributed by atoms with Crippen LogP contribution in [-0.2, 0) is 23.9 Å². The molecule has 202 valence electrons. The molecular formula is C31H42O6. The first-order valence-corrected chi connectivity index (χ1v) is 13.5. The summed E-state index contributed by atoms with van der Waals surface area (Å²) in [5, 5.41) is 9.54. The van der Waals surface area contributed by atoms with Crippen LogP contribution in [0.25, 0.3) is 0 Å². The number of cyclic esters (lactones) is 1. The first-order chi connectivity index (χ1) is 17.4. The Kier molecular flexibility index (Phi) is 9.38. The summed E-state index contributed by atoms with van der Waals surface area (Å²) in [4.78, 5) is 37.6. The second-order valence-corrected chi connectivity index (χ2v) is 11.2. The maximum Gasteiger partial charge on any atom is 0.335 e. The molecule has 7 atom stereocenters. The first-order valence-electron chi connectivity index (χ1n) is 13.5. The molecule has 6 nitrogen and oxygen atoms in total. The van der Waals surface area contributed by atoms with Gasteiger partial charge in [-0.2, -0.15) is 0 Å². The van der Waals surface area contributed by atoms with Gasteiger partial charge in [-0.1, -0.05) is 54.5 Å². The van der Waals surface area contributed by atoms with Crippen LogP contribution in [0.15, 0.2) is 59.3 Å². The molecule has 2 aliphatic carbocycles. The molecular weight excluding hydrogens is 468 g/mol. The summed E-state index contributed by atoms with van der Waals surface area (Å²) in [7, 11) is 0. The summed E-state index contributed by atoms with van der Waals surface area (Å²) in [6.07, 6.45) is 16.5. The lowest BCUT2D eigenvalue weighted by Crippen LogP contribution is -2.55. The third-order valence-corrected chi connectivity index (χ3v) is 8.33. The predicted molar refractivity (Wildman–Crippen MR) is 143 cm³/mol. The van der Waals surface area contributed by atoms with Gasteiger partial charge in [-0.05, 0) is 77.7 Å². The first kappa shape index (κ1) is 28.7. The fraction of sp³-hybridized carbons (Fsp3) is 0.581. The summed E-state index contributed by atoms with van der Waals surface area (Å²) in [6, 6.07) is 0. The van der Waals surface area contributed by atoms with E-state index < -0.39 is 11.4 Å². The van der Waals surface area contributed by atoms with Gasteiger partial charge in [0.1, 0.15) is 6.10 Å². The van der Waals surface area contributed by atoms with Crippen LogP contribution in [-0.4, -0.2) is 35.2 Å². The van der Waals surface area contributed by atoms with Gasteiger partial charge in [0.15, 0.2) is 0 Å². The molecule has 0 aromatic heterocycles. The normalized spacial score (nSPS) is 39.7. The lowest BCUT2D eigenvalue weighted by molar-refractivity contribution is -0.176. The van der Waals surface area contributed by atoms with E-state index in [-0.39, 0.29) is 53.4 Å². The van der Waals surface area contributed by atoms with Crippen molar-refractivity contribution < 1.29 is 29.0 Å². The number of hydrogen-bond donors (Lipinski definition) is 1. The Morgan fingerprint density at radius 2 is 1.86 bits per heavy atom. The molecule has 1 fully saturated rings. The Morgan fingerprint density at radius 3 is 2.54 bits per heavy atom. The van der Waals surface area contributed by atoms with Gasteiger partial charge in [0, 0.05) is 18.8 Å². The monoisotopic (exact) mass is 510 g/mol. The van der Waals surface area contributed by atoms with E-state index in [1.54, 1.807) is 12.2 Å². The third-order valence-electron chi connectivity index (χ3n) is 8.33. The highest BCUT2D eigenvalue weighted by atomic mass is 16.5. The average Bonchev–Trinajstić information content (AvgIpc) is 2.81. The van der Waals surface area contributed by atoms with Crippen molar-refractivity contribution >= 4 is 17.9 Å². The molecule has 0 bridgehead atoms. The van der Waals surface area contributed by atoms with Crippen LogP contribution < -0.4 is 0 Å². The minimum atomic E-state index is -0.953. The molecule has 0 radical (unpaired) electrons. The van der Waals surface area contributed by atoms with E-state index in [9.17, 15) is 19.5 Å². The predicted octanol–water partition coefficient (Wildman–Crippen LogP) is 6.35. The van der Waals surface area contributed by atoms with E-state index in [2.05, 4.69) is 19.1 Å². The van der Waals surface area contributed by atoms with Gasteiger partial charge in [-0.25, -0.2) is 4.79 Å². The van der Waals surface area contributed by atoms with Gasteiger partial charge in [0.05, 0.1) is 17.1 Å². The van der Waals surface area contributed by atoms with E-state index in [1.807, 2.05) is 45.9 Å². The summed E-state index contributed by atoms with van der Waals surface area (Å²) in [5.41, 5.74) is 1.36. The number of rotatable bonds is 2. The minimum absolute atomic E-state index is 0.0170. The minimum Gasteiger partial charge on any atom is -0.478 e. The largest absolute Gasteiger partial charge is 0.478 e. The Balaban J connectivity index is 2.05. The molecule has 37 heavy (non-hydrogen) atoms. The molecule has 1 N–H and O–H groups in total. The van der Waals surface area contributed by atoms with Crippen molar-refractivity contribution in [3.05, 3.63) is 59.3 Å². The van der Waals surface area contributed by atoms with Crippen molar-refractivity contribution in [1.29, 1.82) is 0 Å². The van der Waals surface area contributed by atoms with Gasteiger partial charge in [-0.3, -0.25) is 9.59 Å². The fourth-order valence-corrected chi connectivity index (χ4v) is 6.36.